The number of hydrogen-bond acceptors (Lipinski definition) is 6. The maximum Gasteiger partial charge on any atom is 0.488 e. The standard InChI is InChI=1S/C22H37B2NO6/c26-15-13-11-9-7-5-3-1-2-4-6-8-10-12-14-25-22(27)19-16-20(23(28)29)18-21(17-19)24(30)31/h15-18,28-31H,1-14H2,(H,25,27). The van der Waals surface area contributed by atoms with Gasteiger partial charge in [-0.15, -0.1) is 0 Å². The summed E-state index contributed by atoms with van der Waals surface area (Å²) in [6.45, 7) is 0.520. The van der Waals surface area contributed by atoms with Crippen LogP contribution in [0, 0.1) is 0 Å². The molecular formula is C22H37B2NO6. The molecule has 1 aromatic rings. The zero-order valence-electron chi connectivity index (χ0n) is 18.5. The van der Waals surface area contributed by atoms with Crippen molar-refractivity contribution >= 4 is 37.4 Å². The van der Waals surface area contributed by atoms with Gasteiger partial charge in [-0.2, -0.15) is 0 Å². The van der Waals surface area contributed by atoms with Crippen LogP contribution >= 0.6 is 0 Å². The molecule has 1 aromatic carbocycles. The van der Waals surface area contributed by atoms with Crippen molar-refractivity contribution in [2.75, 3.05) is 6.54 Å². The molecule has 5 N–H and O–H groups in total. The molecule has 0 aliphatic rings. The molecule has 0 radical (unpaired) electrons. The zero-order chi connectivity index (χ0) is 22.9. The minimum absolute atomic E-state index is 0.0358. The van der Waals surface area contributed by atoms with Crippen LogP contribution in [0.4, 0.5) is 0 Å². The average Bonchev–Trinajstić information content (AvgIpc) is 2.75. The Balaban J connectivity index is 2.09. The zero-order valence-corrected chi connectivity index (χ0v) is 18.5. The number of unbranched alkanes of at least 4 members (excludes halogenated alkanes) is 12. The lowest BCUT2D eigenvalue weighted by Gasteiger charge is -2.10. The van der Waals surface area contributed by atoms with Gasteiger partial charge in [0.1, 0.15) is 6.29 Å². The molecule has 31 heavy (non-hydrogen) atoms. The molecule has 0 aromatic heterocycles. The number of carbonyl (C=O) groups is 2. The van der Waals surface area contributed by atoms with Crippen LogP contribution in [0.25, 0.3) is 0 Å². The summed E-state index contributed by atoms with van der Waals surface area (Å²) in [5, 5.41) is 40.0. The van der Waals surface area contributed by atoms with E-state index in [0.717, 1.165) is 38.4 Å². The number of benzene rings is 1. The highest BCUT2D eigenvalue weighted by Crippen LogP contribution is 2.12. The highest BCUT2D eigenvalue weighted by molar-refractivity contribution is 6.62. The first-order chi connectivity index (χ1) is 15.0. The number of amides is 1. The Bertz CT molecular complexity index is 616. The van der Waals surface area contributed by atoms with Gasteiger partial charge in [-0.1, -0.05) is 70.3 Å². The smallest absolute Gasteiger partial charge is 0.423 e. The third kappa shape index (κ3) is 12.7. The second-order valence-electron chi connectivity index (χ2n) is 8.09. The van der Waals surface area contributed by atoms with Crippen molar-refractivity contribution in [3.8, 4) is 0 Å². The maximum atomic E-state index is 12.3. The number of aldehydes is 1. The van der Waals surface area contributed by atoms with Gasteiger partial charge in [-0.05, 0) is 35.9 Å². The van der Waals surface area contributed by atoms with Gasteiger partial charge in [-0.25, -0.2) is 0 Å². The monoisotopic (exact) mass is 433 g/mol. The summed E-state index contributed by atoms with van der Waals surface area (Å²) < 4.78 is 0. The summed E-state index contributed by atoms with van der Waals surface area (Å²) in [4.78, 5) is 22.5. The molecule has 0 saturated carbocycles. The molecule has 0 aliphatic heterocycles. The van der Waals surface area contributed by atoms with Crippen LogP contribution in [0.2, 0.25) is 0 Å². The fourth-order valence-corrected chi connectivity index (χ4v) is 3.53. The van der Waals surface area contributed by atoms with Gasteiger partial charge in [0.05, 0.1) is 0 Å². The minimum Gasteiger partial charge on any atom is -0.423 e. The van der Waals surface area contributed by atoms with Crippen molar-refractivity contribution < 1.29 is 29.7 Å². The van der Waals surface area contributed by atoms with Crippen molar-refractivity contribution in [1.29, 1.82) is 0 Å². The minimum atomic E-state index is -1.79. The SMILES string of the molecule is O=CCCCCCCCCCCCCCCNC(=O)c1cc(B(O)O)cc(B(O)O)c1. The van der Waals surface area contributed by atoms with E-state index in [4.69, 9.17) is 0 Å². The van der Waals surface area contributed by atoms with E-state index in [1.165, 1.54) is 63.1 Å². The van der Waals surface area contributed by atoms with Crippen LogP contribution < -0.4 is 16.2 Å². The second-order valence-corrected chi connectivity index (χ2v) is 8.09. The molecule has 0 unspecified atom stereocenters. The fraction of sp³-hybridized carbons (Fsp3) is 0.636. The van der Waals surface area contributed by atoms with Crippen molar-refractivity contribution in [3.63, 3.8) is 0 Å². The summed E-state index contributed by atoms with van der Waals surface area (Å²) in [6, 6.07) is 3.90. The van der Waals surface area contributed by atoms with Crippen LogP contribution in [0.5, 0.6) is 0 Å². The van der Waals surface area contributed by atoms with Crippen molar-refractivity contribution in [3.05, 3.63) is 23.8 Å². The third-order valence-corrected chi connectivity index (χ3v) is 5.37. The molecule has 0 spiro atoms. The third-order valence-electron chi connectivity index (χ3n) is 5.37. The van der Waals surface area contributed by atoms with Crippen LogP contribution in [-0.4, -0.2) is 53.1 Å². The summed E-state index contributed by atoms with van der Waals surface area (Å²) in [7, 11) is -3.59. The topological polar surface area (TPSA) is 127 Å². The average molecular weight is 433 g/mol. The molecule has 1 amide bonds. The van der Waals surface area contributed by atoms with E-state index in [-0.39, 0.29) is 22.4 Å². The predicted octanol–water partition coefficient (Wildman–Crippen LogP) is 1.05. The van der Waals surface area contributed by atoms with Gasteiger partial charge in [0.2, 0.25) is 0 Å². The fourth-order valence-electron chi connectivity index (χ4n) is 3.53. The molecule has 172 valence electrons. The van der Waals surface area contributed by atoms with Gasteiger partial charge in [0, 0.05) is 18.5 Å². The van der Waals surface area contributed by atoms with E-state index in [1.54, 1.807) is 0 Å². The predicted molar refractivity (Wildman–Crippen MR) is 125 cm³/mol. The summed E-state index contributed by atoms with van der Waals surface area (Å²) in [5.41, 5.74) is 0.236. The van der Waals surface area contributed by atoms with Crippen LogP contribution in [-0.2, 0) is 4.79 Å². The van der Waals surface area contributed by atoms with Crippen molar-refractivity contribution in [2.45, 2.75) is 83.5 Å². The highest BCUT2D eigenvalue weighted by atomic mass is 16.4. The van der Waals surface area contributed by atoms with Crippen LogP contribution in [0.1, 0.15) is 93.8 Å². The maximum absolute atomic E-state index is 12.3. The van der Waals surface area contributed by atoms with E-state index in [9.17, 15) is 29.7 Å². The number of carbonyl (C=O) groups excluding carboxylic acids is 2. The first-order valence-electron chi connectivity index (χ1n) is 11.5. The van der Waals surface area contributed by atoms with Gasteiger partial charge >= 0.3 is 14.2 Å². The molecule has 0 aliphatic carbocycles. The van der Waals surface area contributed by atoms with Gasteiger partial charge in [-0.3, -0.25) is 4.79 Å². The Labute approximate surface area is 186 Å². The molecule has 0 bridgehead atoms. The van der Waals surface area contributed by atoms with Crippen molar-refractivity contribution in [1.82, 2.24) is 5.32 Å². The van der Waals surface area contributed by atoms with Crippen LogP contribution in [0.15, 0.2) is 18.2 Å². The summed E-state index contributed by atoms with van der Waals surface area (Å²) in [6.07, 6.45) is 15.6. The van der Waals surface area contributed by atoms with Crippen molar-refractivity contribution in [2.24, 2.45) is 0 Å². The van der Waals surface area contributed by atoms with Gasteiger partial charge in [0.25, 0.3) is 5.91 Å². The quantitative estimate of drug-likeness (QED) is 0.134. The summed E-state index contributed by atoms with van der Waals surface area (Å²) in [5.74, 6) is -0.379. The van der Waals surface area contributed by atoms with E-state index in [0.29, 0.717) is 13.0 Å². The summed E-state index contributed by atoms with van der Waals surface area (Å²) >= 11 is 0. The lowest BCUT2D eigenvalue weighted by atomic mass is 9.72. The Kier molecular flexibility index (Phi) is 15.0. The Hall–Kier alpha value is -1.67. The lowest BCUT2D eigenvalue weighted by molar-refractivity contribution is -0.107. The molecule has 9 heteroatoms. The van der Waals surface area contributed by atoms with Gasteiger partial charge in [0.15, 0.2) is 0 Å². The molecular weight excluding hydrogens is 396 g/mol. The Morgan fingerprint density at radius 1 is 0.710 bits per heavy atom. The van der Waals surface area contributed by atoms with E-state index < -0.39 is 14.2 Å². The molecule has 0 heterocycles. The number of nitrogens with one attached hydrogen (secondary N) is 1. The number of rotatable bonds is 18. The van der Waals surface area contributed by atoms with Crippen LogP contribution in [0.3, 0.4) is 0 Å². The Morgan fingerprint density at radius 3 is 1.55 bits per heavy atom. The van der Waals surface area contributed by atoms with E-state index in [1.807, 2.05) is 0 Å². The highest BCUT2D eigenvalue weighted by Gasteiger charge is 2.20. The molecule has 0 fully saturated rings. The Morgan fingerprint density at radius 2 is 1.13 bits per heavy atom. The lowest BCUT2D eigenvalue weighted by Crippen LogP contribution is -2.40. The second kappa shape index (κ2) is 17.0. The largest absolute Gasteiger partial charge is 0.488 e. The molecule has 7 nitrogen and oxygen atoms in total. The molecule has 1 rings (SSSR count). The first-order valence-corrected chi connectivity index (χ1v) is 11.5. The first kappa shape index (κ1) is 27.4. The van der Waals surface area contributed by atoms with Gasteiger partial charge < -0.3 is 30.2 Å². The molecule has 0 atom stereocenters. The van der Waals surface area contributed by atoms with E-state index >= 15 is 0 Å². The van der Waals surface area contributed by atoms with E-state index in [2.05, 4.69) is 5.32 Å². The number of hydrogen-bond donors (Lipinski definition) is 5. The normalized spacial score (nSPS) is 10.7. The molecule has 0 saturated heterocycles.